The van der Waals surface area contributed by atoms with Gasteiger partial charge in [0, 0.05) is 5.69 Å². The van der Waals surface area contributed by atoms with Gasteiger partial charge in [0.05, 0.1) is 24.4 Å². The predicted octanol–water partition coefficient (Wildman–Crippen LogP) is 2.27. The van der Waals surface area contributed by atoms with Crippen LogP contribution in [0.15, 0.2) is 47.1 Å². The van der Waals surface area contributed by atoms with Crippen molar-refractivity contribution in [3.8, 4) is 6.07 Å². The molecule has 20 heavy (non-hydrogen) atoms. The highest BCUT2D eigenvalue weighted by Gasteiger charge is 2.12. The number of nitriles is 1. The number of anilines is 1. The van der Waals surface area contributed by atoms with Crippen molar-refractivity contribution in [2.75, 3.05) is 5.32 Å². The van der Waals surface area contributed by atoms with Crippen molar-refractivity contribution in [1.29, 1.82) is 5.26 Å². The predicted molar refractivity (Wildman–Crippen MR) is 74.8 cm³/mol. The van der Waals surface area contributed by atoms with Crippen molar-refractivity contribution in [3.05, 3.63) is 54.0 Å². The fraction of sp³-hybridized carbons (Fsp3) is 0.200. The molecule has 1 amide bonds. The van der Waals surface area contributed by atoms with Gasteiger partial charge in [-0.15, -0.1) is 0 Å². The maximum absolute atomic E-state index is 11.9. The van der Waals surface area contributed by atoms with E-state index in [9.17, 15) is 4.79 Å². The average Bonchev–Trinajstić information content (AvgIpc) is 2.98. The second-order valence-corrected chi connectivity index (χ2v) is 4.35. The molecule has 0 saturated heterocycles. The van der Waals surface area contributed by atoms with Gasteiger partial charge in [-0.3, -0.25) is 4.79 Å². The molecule has 2 aromatic rings. The van der Waals surface area contributed by atoms with Gasteiger partial charge in [-0.2, -0.15) is 5.26 Å². The SMILES string of the molecule is CC(Nc1ccc(C#N)cc1)C(=O)NCc1ccco1. The van der Waals surface area contributed by atoms with E-state index in [1.807, 2.05) is 6.07 Å². The lowest BCUT2D eigenvalue weighted by molar-refractivity contribution is -0.121. The summed E-state index contributed by atoms with van der Waals surface area (Å²) in [4.78, 5) is 11.9. The van der Waals surface area contributed by atoms with Crippen molar-refractivity contribution in [1.82, 2.24) is 5.32 Å². The lowest BCUT2D eigenvalue weighted by Gasteiger charge is -2.14. The smallest absolute Gasteiger partial charge is 0.242 e. The van der Waals surface area contributed by atoms with E-state index in [0.29, 0.717) is 17.9 Å². The monoisotopic (exact) mass is 269 g/mol. The van der Waals surface area contributed by atoms with Crippen molar-refractivity contribution in [2.24, 2.45) is 0 Å². The highest BCUT2D eigenvalue weighted by Crippen LogP contribution is 2.10. The number of furan rings is 1. The Balaban J connectivity index is 1.85. The molecular weight excluding hydrogens is 254 g/mol. The molecule has 1 atom stereocenters. The Morgan fingerprint density at radius 1 is 1.35 bits per heavy atom. The summed E-state index contributed by atoms with van der Waals surface area (Å²) in [7, 11) is 0. The Kier molecular flexibility index (Phi) is 4.40. The Labute approximate surface area is 117 Å². The van der Waals surface area contributed by atoms with E-state index in [0.717, 1.165) is 5.69 Å². The fourth-order valence-electron chi connectivity index (χ4n) is 1.70. The van der Waals surface area contributed by atoms with Crippen LogP contribution < -0.4 is 10.6 Å². The minimum atomic E-state index is -0.377. The van der Waals surface area contributed by atoms with Crippen LogP contribution in [-0.2, 0) is 11.3 Å². The van der Waals surface area contributed by atoms with Crippen molar-refractivity contribution >= 4 is 11.6 Å². The molecule has 0 fully saturated rings. The molecule has 102 valence electrons. The fourth-order valence-corrected chi connectivity index (χ4v) is 1.70. The van der Waals surface area contributed by atoms with E-state index in [2.05, 4.69) is 10.6 Å². The molecule has 0 radical (unpaired) electrons. The van der Waals surface area contributed by atoms with E-state index >= 15 is 0 Å². The maximum atomic E-state index is 11.9. The Hall–Kier alpha value is -2.74. The molecule has 5 nitrogen and oxygen atoms in total. The van der Waals surface area contributed by atoms with Gasteiger partial charge in [-0.05, 0) is 43.3 Å². The summed E-state index contributed by atoms with van der Waals surface area (Å²) in [5.41, 5.74) is 1.38. The summed E-state index contributed by atoms with van der Waals surface area (Å²) < 4.78 is 5.14. The van der Waals surface area contributed by atoms with Gasteiger partial charge in [-0.25, -0.2) is 0 Å². The third-order valence-corrected chi connectivity index (χ3v) is 2.81. The van der Waals surface area contributed by atoms with Gasteiger partial charge in [0.15, 0.2) is 0 Å². The molecule has 1 aromatic heterocycles. The summed E-state index contributed by atoms with van der Waals surface area (Å²) in [6.07, 6.45) is 1.57. The van der Waals surface area contributed by atoms with Crippen LogP contribution in [-0.4, -0.2) is 11.9 Å². The second kappa shape index (κ2) is 6.43. The zero-order chi connectivity index (χ0) is 14.4. The molecule has 5 heteroatoms. The molecule has 0 aliphatic heterocycles. The number of benzene rings is 1. The quantitative estimate of drug-likeness (QED) is 0.872. The van der Waals surface area contributed by atoms with Crippen molar-refractivity contribution < 1.29 is 9.21 Å². The van der Waals surface area contributed by atoms with Gasteiger partial charge in [0.1, 0.15) is 11.8 Å². The first-order valence-corrected chi connectivity index (χ1v) is 6.26. The standard InChI is InChI=1S/C15H15N3O2/c1-11(15(19)17-10-14-3-2-8-20-14)18-13-6-4-12(9-16)5-7-13/h2-8,11,18H,10H2,1H3,(H,17,19). The van der Waals surface area contributed by atoms with Gasteiger partial charge in [0.2, 0.25) is 5.91 Å². The number of nitrogens with zero attached hydrogens (tertiary/aromatic N) is 1. The van der Waals surface area contributed by atoms with E-state index in [1.54, 1.807) is 49.6 Å². The van der Waals surface area contributed by atoms with Gasteiger partial charge < -0.3 is 15.1 Å². The molecule has 0 saturated carbocycles. The first-order chi connectivity index (χ1) is 9.69. The molecule has 1 aromatic carbocycles. The summed E-state index contributed by atoms with van der Waals surface area (Å²) >= 11 is 0. The maximum Gasteiger partial charge on any atom is 0.242 e. The van der Waals surface area contributed by atoms with E-state index in [4.69, 9.17) is 9.68 Å². The van der Waals surface area contributed by atoms with Crippen LogP contribution in [0.1, 0.15) is 18.2 Å². The van der Waals surface area contributed by atoms with Gasteiger partial charge >= 0.3 is 0 Å². The summed E-state index contributed by atoms with van der Waals surface area (Å²) in [5.74, 6) is 0.592. The zero-order valence-electron chi connectivity index (χ0n) is 11.1. The van der Waals surface area contributed by atoms with Crippen LogP contribution in [0.3, 0.4) is 0 Å². The normalized spacial score (nSPS) is 11.4. The largest absolute Gasteiger partial charge is 0.467 e. The van der Waals surface area contributed by atoms with Crippen LogP contribution in [0.4, 0.5) is 5.69 Å². The van der Waals surface area contributed by atoms with Crippen molar-refractivity contribution in [2.45, 2.75) is 19.5 Å². The van der Waals surface area contributed by atoms with Gasteiger partial charge in [-0.1, -0.05) is 0 Å². The lowest BCUT2D eigenvalue weighted by Crippen LogP contribution is -2.37. The molecule has 2 N–H and O–H groups in total. The van der Waals surface area contributed by atoms with Crippen LogP contribution in [0.5, 0.6) is 0 Å². The minimum Gasteiger partial charge on any atom is -0.467 e. The number of amides is 1. The summed E-state index contributed by atoms with van der Waals surface area (Å²) in [6, 6.07) is 12.2. The highest BCUT2D eigenvalue weighted by atomic mass is 16.3. The van der Waals surface area contributed by atoms with Crippen LogP contribution in [0.2, 0.25) is 0 Å². The minimum absolute atomic E-state index is 0.120. The summed E-state index contributed by atoms with van der Waals surface area (Å²) in [5, 5.41) is 14.6. The Bertz CT molecular complexity index is 597. The molecule has 0 bridgehead atoms. The molecule has 2 rings (SSSR count). The topological polar surface area (TPSA) is 78.1 Å². The third-order valence-electron chi connectivity index (χ3n) is 2.81. The number of hydrogen-bond donors (Lipinski definition) is 2. The Morgan fingerprint density at radius 2 is 2.10 bits per heavy atom. The first-order valence-electron chi connectivity index (χ1n) is 6.26. The van der Waals surface area contributed by atoms with E-state index in [-0.39, 0.29) is 11.9 Å². The second-order valence-electron chi connectivity index (χ2n) is 4.35. The van der Waals surface area contributed by atoms with Crippen LogP contribution in [0.25, 0.3) is 0 Å². The lowest BCUT2D eigenvalue weighted by atomic mass is 10.2. The number of rotatable bonds is 5. The number of hydrogen-bond acceptors (Lipinski definition) is 4. The molecule has 0 aliphatic rings. The number of carbonyl (C=O) groups excluding carboxylic acids is 1. The number of nitrogens with one attached hydrogen (secondary N) is 2. The molecule has 0 aliphatic carbocycles. The zero-order valence-corrected chi connectivity index (χ0v) is 11.1. The van der Waals surface area contributed by atoms with E-state index in [1.165, 1.54) is 0 Å². The first kappa shape index (κ1) is 13.7. The van der Waals surface area contributed by atoms with Crippen LogP contribution in [0, 0.1) is 11.3 Å². The third kappa shape index (κ3) is 3.62. The van der Waals surface area contributed by atoms with Crippen molar-refractivity contribution in [3.63, 3.8) is 0 Å². The average molecular weight is 269 g/mol. The van der Waals surface area contributed by atoms with Crippen LogP contribution >= 0.6 is 0 Å². The summed E-state index contributed by atoms with van der Waals surface area (Å²) in [6.45, 7) is 2.14. The molecule has 1 unspecified atom stereocenters. The van der Waals surface area contributed by atoms with E-state index < -0.39 is 0 Å². The molecule has 0 spiro atoms. The molecule has 1 heterocycles. The highest BCUT2D eigenvalue weighted by molar-refractivity contribution is 5.84. The molecular formula is C15H15N3O2. The Morgan fingerprint density at radius 3 is 2.70 bits per heavy atom. The van der Waals surface area contributed by atoms with Gasteiger partial charge in [0.25, 0.3) is 0 Å². The number of carbonyl (C=O) groups is 1.